The third kappa shape index (κ3) is 4.76. The van der Waals surface area contributed by atoms with E-state index in [-0.39, 0.29) is 42.8 Å². The Bertz CT molecular complexity index is 363. The van der Waals surface area contributed by atoms with Crippen molar-refractivity contribution in [3.63, 3.8) is 0 Å². The molecule has 0 spiro atoms. The molecule has 0 bridgehead atoms. The largest absolute Gasteiger partial charge is 0.463 e. The second-order valence-corrected chi connectivity index (χ2v) is 4.25. The molecule has 0 amide bonds. The minimum absolute atomic E-state index is 0. The molecule has 1 fully saturated rings. The van der Waals surface area contributed by atoms with Gasteiger partial charge in [-0.05, 0) is 0 Å². The molecular formula is C6H8NaO8S. The summed E-state index contributed by atoms with van der Waals surface area (Å²) in [7, 11) is -4.72. The van der Waals surface area contributed by atoms with Crippen LogP contribution in [0.15, 0.2) is 0 Å². The normalized spacial score (nSPS) is 22.9. The van der Waals surface area contributed by atoms with Crippen LogP contribution in [0, 0.1) is 0 Å². The predicted molar refractivity (Wildman–Crippen MR) is 48.7 cm³/mol. The van der Waals surface area contributed by atoms with E-state index in [2.05, 4.69) is 14.5 Å². The number of ether oxygens (including phenoxy) is 1. The van der Waals surface area contributed by atoms with E-state index in [0.29, 0.717) is 0 Å². The van der Waals surface area contributed by atoms with Crippen molar-refractivity contribution in [2.75, 3.05) is 13.2 Å². The van der Waals surface area contributed by atoms with E-state index in [1.807, 2.05) is 0 Å². The fraction of sp³-hybridized carbons (Fsp3) is 0.667. The van der Waals surface area contributed by atoms with Crippen LogP contribution < -0.4 is 0 Å². The first-order valence-electron chi connectivity index (χ1n) is 3.86. The third-order valence-corrected chi connectivity index (χ3v) is 2.62. The quantitative estimate of drug-likeness (QED) is 0.257. The first-order valence-corrected chi connectivity index (χ1v) is 5.37. The second-order valence-electron chi connectivity index (χ2n) is 2.65. The maximum absolute atomic E-state index is 11.0. The van der Waals surface area contributed by atoms with Crippen molar-refractivity contribution in [3.8, 4) is 0 Å². The summed E-state index contributed by atoms with van der Waals surface area (Å²) in [4.78, 5) is 30.2. The Hall–Kier alpha value is -0.190. The van der Waals surface area contributed by atoms with Gasteiger partial charge in [-0.25, -0.2) is 4.79 Å². The van der Waals surface area contributed by atoms with Crippen LogP contribution in [0.5, 0.6) is 0 Å². The number of hydrogen-bond acceptors (Lipinski definition) is 7. The van der Waals surface area contributed by atoms with E-state index in [1.54, 1.807) is 0 Å². The summed E-state index contributed by atoms with van der Waals surface area (Å²) in [6, 6.07) is 0. The van der Waals surface area contributed by atoms with Gasteiger partial charge in [-0.15, -0.1) is 0 Å². The van der Waals surface area contributed by atoms with E-state index in [1.165, 1.54) is 0 Å². The molecule has 1 N–H and O–H groups in total. The Balaban J connectivity index is 0.00000225. The van der Waals surface area contributed by atoms with Crippen LogP contribution in [0.1, 0.15) is 6.42 Å². The van der Waals surface area contributed by atoms with Crippen molar-refractivity contribution in [3.05, 3.63) is 0 Å². The third-order valence-electron chi connectivity index (χ3n) is 1.55. The fourth-order valence-electron chi connectivity index (χ4n) is 0.863. The molecule has 0 aromatic carbocycles. The van der Waals surface area contributed by atoms with Gasteiger partial charge in [-0.2, -0.15) is 13.3 Å². The molecule has 16 heavy (non-hydrogen) atoms. The molecule has 0 aromatic heterocycles. The molecule has 1 unspecified atom stereocenters. The summed E-state index contributed by atoms with van der Waals surface area (Å²) in [5.74, 6) is -2.28. The molecule has 1 aliphatic rings. The van der Waals surface area contributed by atoms with Gasteiger partial charge in [0.15, 0.2) is 5.25 Å². The Morgan fingerprint density at radius 3 is 2.44 bits per heavy atom. The zero-order valence-electron chi connectivity index (χ0n) is 8.41. The number of esters is 1. The van der Waals surface area contributed by atoms with Crippen molar-refractivity contribution < 1.29 is 37.1 Å². The molecule has 8 nitrogen and oxygen atoms in total. The van der Waals surface area contributed by atoms with Gasteiger partial charge in [-0.3, -0.25) is 14.2 Å². The Morgan fingerprint density at radius 1 is 1.25 bits per heavy atom. The molecule has 0 aliphatic carbocycles. The molecular weight excluding hydrogens is 255 g/mol. The molecule has 1 rings (SSSR count). The van der Waals surface area contributed by atoms with E-state index >= 15 is 0 Å². The SMILES string of the molecule is O=C1CC(S(=O)(=O)O)C(=O)OOCCO1.[Na]. The number of hydrogen-bond donors (Lipinski definition) is 1. The van der Waals surface area contributed by atoms with Gasteiger partial charge < -0.3 is 4.74 Å². The van der Waals surface area contributed by atoms with Crippen LogP contribution in [-0.2, 0) is 34.2 Å². The molecule has 1 radical (unpaired) electrons. The monoisotopic (exact) mass is 263 g/mol. The average Bonchev–Trinajstić information content (AvgIpc) is 2.17. The minimum Gasteiger partial charge on any atom is -0.463 e. The molecule has 1 saturated heterocycles. The zero-order chi connectivity index (χ0) is 11.5. The summed E-state index contributed by atoms with van der Waals surface area (Å²) in [6.07, 6.45) is -0.805. The first-order chi connectivity index (χ1) is 6.91. The molecule has 87 valence electrons. The minimum atomic E-state index is -4.72. The Labute approximate surface area is 113 Å². The van der Waals surface area contributed by atoms with Crippen LogP contribution in [0.4, 0.5) is 0 Å². The Morgan fingerprint density at radius 2 is 1.88 bits per heavy atom. The summed E-state index contributed by atoms with van der Waals surface area (Å²) in [5, 5.41) is -2.01. The van der Waals surface area contributed by atoms with Crippen LogP contribution in [-0.4, -0.2) is 72.9 Å². The molecule has 0 aromatic rings. The number of carbonyl (C=O) groups is 2. The van der Waals surface area contributed by atoms with Gasteiger partial charge in [0, 0.05) is 29.6 Å². The van der Waals surface area contributed by atoms with Crippen molar-refractivity contribution in [1.29, 1.82) is 0 Å². The standard InChI is InChI=1S/C6H8O8S.Na/c7-5-3-4(15(9,10)11)6(8)14-13-2-1-12-5;/h4H,1-3H2,(H,9,10,11);. The number of cyclic esters (lactones) is 1. The first kappa shape index (κ1) is 15.8. The maximum atomic E-state index is 11.0. The summed E-state index contributed by atoms with van der Waals surface area (Å²) in [5.41, 5.74) is 0. The van der Waals surface area contributed by atoms with E-state index in [0.717, 1.165) is 0 Å². The van der Waals surface area contributed by atoms with Crippen molar-refractivity contribution in [2.24, 2.45) is 0 Å². The van der Waals surface area contributed by atoms with Crippen molar-refractivity contribution >= 4 is 51.6 Å². The molecule has 10 heteroatoms. The van der Waals surface area contributed by atoms with E-state index < -0.39 is 33.7 Å². The molecule has 1 atom stereocenters. The number of rotatable bonds is 1. The van der Waals surface area contributed by atoms with Crippen LogP contribution >= 0.6 is 0 Å². The fourth-order valence-corrected chi connectivity index (χ4v) is 1.49. The van der Waals surface area contributed by atoms with E-state index in [4.69, 9.17) is 4.55 Å². The average molecular weight is 263 g/mol. The predicted octanol–water partition coefficient (Wildman–Crippen LogP) is -1.72. The van der Waals surface area contributed by atoms with Gasteiger partial charge in [0.25, 0.3) is 10.1 Å². The summed E-state index contributed by atoms with van der Waals surface area (Å²) in [6.45, 7) is -0.361. The van der Waals surface area contributed by atoms with Gasteiger partial charge >= 0.3 is 11.9 Å². The van der Waals surface area contributed by atoms with Gasteiger partial charge in [-0.1, -0.05) is 0 Å². The molecule has 1 heterocycles. The zero-order valence-corrected chi connectivity index (χ0v) is 11.2. The topological polar surface area (TPSA) is 116 Å². The van der Waals surface area contributed by atoms with E-state index in [9.17, 15) is 18.0 Å². The van der Waals surface area contributed by atoms with Crippen LogP contribution in [0.2, 0.25) is 0 Å². The Kier molecular flexibility index (Phi) is 6.44. The summed E-state index contributed by atoms with van der Waals surface area (Å²) >= 11 is 0. The van der Waals surface area contributed by atoms with Crippen molar-refractivity contribution in [2.45, 2.75) is 11.7 Å². The van der Waals surface area contributed by atoms with Gasteiger partial charge in [0.2, 0.25) is 0 Å². The van der Waals surface area contributed by atoms with Crippen LogP contribution in [0.25, 0.3) is 0 Å². The second kappa shape index (κ2) is 6.52. The maximum Gasteiger partial charge on any atom is 0.363 e. The molecule has 1 aliphatic heterocycles. The van der Waals surface area contributed by atoms with Gasteiger partial charge in [0.05, 0.1) is 6.42 Å². The number of carbonyl (C=O) groups excluding carboxylic acids is 2. The smallest absolute Gasteiger partial charge is 0.363 e. The molecule has 0 saturated carbocycles. The van der Waals surface area contributed by atoms with Gasteiger partial charge in [0.1, 0.15) is 13.2 Å². The van der Waals surface area contributed by atoms with Crippen LogP contribution in [0.3, 0.4) is 0 Å². The van der Waals surface area contributed by atoms with Crippen molar-refractivity contribution in [1.82, 2.24) is 0 Å². The summed E-state index contributed by atoms with van der Waals surface area (Å²) < 4.78 is 34.5.